The highest BCUT2D eigenvalue weighted by Crippen LogP contribution is 2.26. The van der Waals surface area contributed by atoms with Gasteiger partial charge in [-0.1, -0.05) is 26.8 Å². The van der Waals surface area contributed by atoms with E-state index >= 15 is 0 Å². The average Bonchev–Trinajstić information content (AvgIpc) is 2.47. The molecule has 1 fully saturated rings. The first-order chi connectivity index (χ1) is 10.4. The fourth-order valence-corrected chi connectivity index (χ4v) is 2.84. The van der Waals surface area contributed by atoms with Crippen LogP contribution >= 0.6 is 0 Å². The van der Waals surface area contributed by atoms with Gasteiger partial charge >= 0.3 is 0 Å². The molecule has 2 heterocycles. The highest BCUT2D eigenvalue weighted by molar-refractivity contribution is 5.81. The van der Waals surface area contributed by atoms with E-state index < -0.39 is 0 Å². The largest absolute Gasteiger partial charge is 0.354 e. The lowest BCUT2D eigenvalue weighted by molar-refractivity contribution is -0.128. The number of nitrogens with one attached hydrogen (secondary N) is 1. The number of hydrogen-bond acceptors (Lipinski definition) is 3. The summed E-state index contributed by atoms with van der Waals surface area (Å²) in [6, 6.07) is 6.31. The maximum atomic E-state index is 11.8. The molecule has 1 N–H and O–H groups in total. The third-order valence-corrected chi connectivity index (χ3v) is 4.31. The summed E-state index contributed by atoms with van der Waals surface area (Å²) in [7, 11) is 0. The summed E-state index contributed by atoms with van der Waals surface area (Å²) < 4.78 is 0. The SMILES string of the molecule is Cc1cccc(C2CCN(CCNC(=O)C(C)(C)C)CC2)n1. The molecule has 1 saturated heterocycles. The molecule has 4 nitrogen and oxygen atoms in total. The number of aromatic nitrogens is 1. The summed E-state index contributed by atoms with van der Waals surface area (Å²) in [5.41, 5.74) is 2.04. The Kier molecular flexibility index (Phi) is 5.57. The van der Waals surface area contributed by atoms with E-state index in [2.05, 4.69) is 40.3 Å². The number of carbonyl (C=O) groups excluding carboxylic acids is 1. The molecule has 1 aromatic rings. The normalized spacial score (nSPS) is 17.5. The third-order valence-electron chi connectivity index (χ3n) is 4.31. The number of pyridine rings is 1. The summed E-state index contributed by atoms with van der Waals surface area (Å²) in [4.78, 5) is 18.9. The van der Waals surface area contributed by atoms with E-state index in [1.165, 1.54) is 5.69 Å². The molecular weight excluding hydrogens is 274 g/mol. The number of rotatable bonds is 4. The fourth-order valence-electron chi connectivity index (χ4n) is 2.84. The van der Waals surface area contributed by atoms with Crippen molar-refractivity contribution in [1.82, 2.24) is 15.2 Å². The minimum Gasteiger partial charge on any atom is -0.354 e. The van der Waals surface area contributed by atoms with E-state index in [9.17, 15) is 4.79 Å². The second kappa shape index (κ2) is 7.23. The van der Waals surface area contributed by atoms with Crippen molar-refractivity contribution < 1.29 is 4.79 Å². The topological polar surface area (TPSA) is 45.2 Å². The van der Waals surface area contributed by atoms with Gasteiger partial charge in [0.1, 0.15) is 0 Å². The highest BCUT2D eigenvalue weighted by atomic mass is 16.2. The second-order valence-corrected chi connectivity index (χ2v) is 7.33. The molecule has 4 heteroatoms. The van der Waals surface area contributed by atoms with Crippen molar-refractivity contribution in [3.8, 4) is 0 Å². The molecule has 1 aromatic heterocycles. The number of likely N-dealkylation sites (tertiary alicyclic amines) is 1. The molecule has 1 aliphatic heterocycles. The number of hydrogen-bond donors (Lipinski definition) is 1. The lowest BCUT2D eigenvalue weighted by Gasteiger charge is -2.32. The quantitative estimate of drug-likeness (QED) is 0.930. The lowest BCUT2D eigenvalue weighted by Crippen LogP contribution is -2.42. The molecule has 1 amide bonds. The summed E-state index contributed by atoms with van der Waals surface area (Å²) >= 11 is 0. The molecule has 22 heavy (non-hydrogen) atoms. The van der Waals surface area contributed by atoms with E-state index in [4.69, 9.17) is 0 Å². The molecule has 0 aliphatic carbocycles. The molecule has 0 bridgehead atoms. The van der Waals surface area contributed by atoms with Crippen molar-refractivity contribution in [1.29, 1.82) is 0 Å². The van der Waals surface area contributed by atoms with Crippen LogP contribution in [0.5, 0.6) is 0 Å². The van der Waals surface area contributed by atoms with Crippen molar-refractivity contribution in [3.05, 3.63) is 29.6 Å². The molecular formula is C18H29N3O. The van der Waals surface area contributed by atoms with Gasteiger partial charge in [0.05, 0.1) is 0 Å². The van der Waals surface area contributed by atoms with Gasteiger partial charge < -0.3 is 10.2 Å². The monoisotopic (exact) mass is 303 g/mol. The molecule has 122 valence electrons. The average molecular weight is 303 g/mol. The summed E-state index contributed by atoms with van der Waals surface area (Å²) in [5.74, 6) is 0.715. The number of amides is 1. The van der Waals surface area contributed by atoms with Gasteiger partial charge in [-0.25, -0.2) is 0 Å². The molecule has 0 aromatic carbocycles. The van der Waals surface area contributed by atoms with Crippen molar-refractivity contribution in [3.63, 3.8) is 0 Å². The van der Waals surface area contributed by atoms with E-state index in [1.54, 1.807) is 0 Å². The van der Waals surface area contributed by atoms with Crippen LogP contribution in [-0.4, -0.2) is 42.0 Å². The summed E-state index contributed by atoms with van der Waals surface area (Å²) in [6.45, 7) is 11.8. The van der Waals surface area contributed by atoms with Crippen LogP contribution in [0.15, 0.2) is 18.2 Å². The van der Waals surface area contributed by atoms with Gasteiger partial charge in [0.2, 0.25) is 5.91 Å². The third kappa shape index (κ3) is 4.80. The van der Waals surface area contributed by atoms with Crippen LogP contribution in [0.2, 0.25) is 0 Å². The summed E-state index contributed by atoms with van der Waals surface area (Å²) in [5, 5.41) is 3.03. The molecule has 0 atom stereocenters. The Morgan fingerprint density at radius 3 is 2.59 bits per heavy atom. The minimum atomic E-state index is -0.302. The lowest BCUT2D eigenvalue weighted by atomic mass is 9.93. The molecule has 0 unspecified atom stereocenters. The van der Waals surface area contributed by atoms with Crippen LogP contribution in [0.4, 0.5) is 0 Å². The number of piperidine rings is 1. The van der Waals surface area contributed by atoms with Crippen LogP contribution in [-0.2, 0) is 4.79 Å². The Bertz CT molecular complexity index is 499. The fraction of sp³-hybridized carbons (Fsp3) is 0.667. The second-order valence-electron chi connectivity index (χ2n) is 7.33. The van der Waals surface area contributed by atoms with Crippen LogP contribution in [0.3, 0.4) is 0 Å². The van der Waals surface area contributed by atoms with E-state index in [0.717, 1.165) is 44.7 Å². The predicted octanol–water partition coefficient (Wildman–Crippen LogP) is 2.73. The zero-order valence-electron chi connectivity index (χ0n) is 14.4. The van der Waals surface area contributed by atoms with Gasteiger partial charge in [0.15, 0.2) is 0 Å². The number of nitrogens with zero attached hydrogens (tertiary/aromatic N) is 2. The van der Waals surface area contributed by atoms with Gasteiger partial charge in [-0.05, 0) is 45.0 Å². The van der Waals surface area contributed by atoms with Crippen LogP contribution < -0.4 is 5.32 Å². The Labute approximate surface area is 134 Å². The number of carbonyl (C=O) groups is 1. The molecule has 0 saturated carbocycles. The van der Waals surface area contributed by atoms with Gasteiger partial charge in [0.25, 0.3) is 0 Å². The zero-order chi connectivity index (χ0) is 16.2. The predicted molar refractivity (Wildman–Crippen MR) is 89.9 cm³/mol. The number of aryl methyl sites for hydroxylation is 1. The Morgan fingerprint density at radius 2 is 2.00 bits per heavy atom. The van der Waals surface area contributed by atoms with Gasteiger partial charge in [0, 0.05) is 35.8 Å². The van der Waals surface area contributed by atoms with Gasteiger partial charge in [-0.2, -0.15) is 0 Å². The molecule has 0 spiro atoms. The first-order valence-electron chi connectivity index (χ1n) is 8.30. The van der Waals surface area contributed by atoms with E-state index in [1.807, 2.05) is 20.8 Å². The Morgan fingerprint density at radius 1 is 1.32 bits per heavy atom. The summed E-state index contributed by atoms with van der Waals surface area (Å²) in [6.07, 6.45) is 2.31. The van der Waals surface area contributed by atoms with E-state index in [-0.39, 0.29) is 11.3 Å². The first-order valence-corrected chi connectivity index (χ1v) is 8.30. The van der Waals surface area contributed by atoms with Crippen LogP contribution in [0.25, 0.3) is 0 Å². The highest BCUT2D eigenvalue weighted by Gasteiger charge is 2.23. The molecule has 1 aliphatic rings. The maximum absolute atomic E-state index is 11.8. The van der Waals surface area contributed by atoms with Crippen molar-refractivity contribution in [2.75, 3.05) is 26.2 Å². The van der Waals surface area contributed by atoms with Crippen LogP contribution in [0, 0.1) is 12.3 Å². The van der Waals surface area contributed by atoms with Gasteiger partial charge in [-0.3, -0.25) is 9.78 Å². The van der Waals surface area contributed by atoms with Gasteiger partial charge in [-0.15, -0.1) is 0 Å². The molecule has 0 radical (unpaired) electrons. The molecule has 2 rings (SSSR count). The Hall–Kier alpha value is -1.42. The van der Waals surface area contributed by atoms with Crippen LogP contribution in [0.1, 0.15) is 50.9 Å². The standard InChI is InChI=1S/C18H29N3O/c1-14-6-5-7-16(20-14)15-8-11-21(12-9-15)13-10-19-17(22)18(2,3)4/h5-7,15H,8-13H2,1-4H3,(H,19,22). The Balaban J connectivity index is 1.73. The zero-order valence-corrected chi connectivity index (χ0v) is 14.4. The van der Waals surface area contributed by atoms with E-state index in [0.29, 0.717) is 5.92 Å². The van der Waals surface area contributed by atoms with Crippen molar-refractivity contribution in [2.24, 2.45) is 5.41 Å². The minimum absolute atomic E-state index is 0.131. The first kappa shape index (κ1) is 16.9. The smallest absolute Gasteiger partial charge is 0.225 e. The van der Waals surface area contributed by atoms with Crippen molar-refractivity contribution >= 4 is 5.91 Å². The maximum Gasteiger partial charge on any atom is 0.225 e. The van der Waals surface area contributed by atoms with Crippen molar-refractivity contribution in [2.45, 2.75) is 46.5 Å².